The van der Waals surface area contributed by atoms with Crippen molar-refractivity contribution in [3.05, 3.63) is 29.8 Å². The normalized spacial score (nSPS) is 10.5. The Labute approximate surface area is 115 Å². The van der Waals surface area contributed by atoms with Crippen LogP contribution >= 0.6 is 0 Å². The van der Waals surface area contributed by atoms with E-state index in [1.165, 1.54) is 0 Å². The van der Waals surface area contributed by atoms with Gasteiger partial charge < -0.3 is 14.8 Å². The summed E-state index contributed by atoms with van der Waals surface area (Å²) < 4.78 is 10.7. The molecule has 1 amide bonds. The number of nitrogens with one attached hydrogen (secondary N) is 1. The first kappa shape index (κ1) is 15.5. The second-order valence-corrected chi connectivity index (χ2v) is 4.52. The molecule has 0 spiro atoms. The molecule has 4 nitrogen and oxygen atoms in total. The minimum Gasteiger partial charge on any atom is -0.494 e. The summed E-state index contributed by atoms with van der Waals surface area (Å²) in [6.07, 6.45) is 0.580. The molecule has 0 fully saturated rings. The van der Waals surface area contributed by atoms with Crippen LogP contribution in [0.2, 0.25) is 0 Å². The highest BCUT2D eigenvalue weighted by atomic mass is 16.5. The average molecular weight is 265 g/mol. The zero-order valence-corrected chi connectivity index (χ0v) is 11.9. The molecule has 0 aliphatic carbocycles. The van der Waals surface area contributed by atoms with Crippen molar-refractivity contribution in [2.24, 2.45) is 0 Å². The minimum absolute atomic E-state index is 0.0107. The fourth-order valence-electron chi connectivity index (χ4n) is 1.60. The highest BCUT2D eigenvalue weighted by Gasteiger charge is 2.03. The summed E-state index contributed by atoms with van der Waals surface area (Å²) in [5.41, 5.74) is 0.978. The number of rotatable bonds is 8. The number of hydrogen-bond donors (Lipinski definition) is 1. The van der Waals surface area contributed by atoms with Crippen molar-refractivity contribution in [3.8, 4) is 5.75 Å². The molecule has 0 saturated heterocycles. The Balaban J connectivity index is 2.27. The van der Waals surface area contributed by atoms with Gasteiger partial charge in [-0.3, -0.25) is 4.79 Å². The highest BCUT2D eigenvalue weighted by molar-refractivity contribution is 5.78. The van der Waals surface area contributed by atoms with E-state index >= 15 is 0 Å². The summed E-state index contributed by atoms with van der Waals surface area (Å²) >= 11 is 0. The monoisotopic (exact) mass is 265 g/mol. The molecule has 0 saturated carbocycles. The van der Waals surface area contributed by atoms with Gasteiger partial charge in [0.25, 0.3) is 0 Å². The Morgan fingerprint density at radius 1 is 1.26 bits per heavy atom. The van der Waals surface area contributed by atoms with Gasteiger partial charge in [-0.05, 0) is 38.5 Å². The predicted molar refractivity (Wildman–Crippen MR) is 75.4 cm³/mol. The van der Waals surface area contributed by atoms with Crippen LogP contribution in [0.3, 0.4) is 0 Å². The molecule has 0 atom stereocenters. The second kappa shape index (κ2) is 8.53. The lowest BCUT2D eigenvalue weighted by molar-refractivity contribution is -0.120. The molecule has 0 radical (unpaired) electrons. The SMILES string of the molecule is CCOc1ccc(CC(=O)NCCOC(C)C)cc1. The van der Waals surface area contributed by atoms with Gasteiger partial charge in [0.15, 0.2) is 0 Å². The lowest BCUT2D eigenvalue weighted by atomic mass is 10.1. The number of hydrogen-bond acceptors (Lipinski definition) is 3. The van der Waals surface area contributed by atoms with Crippen molar-refractivity contribution in [2.75, 3.05) is 19.8 Å². The van der Waals surface area contributed by atoms with Crippen LogP contribution in [-0.4, -0.2) is 31.8 Å². The van der Waals surface area contributed by atoms with Gasteiger partial charge in [-0.15, -0.1) is 0 Å². The first-order valence-corrected chi connectivity index (χ1v) is 6.72. The summed E-state index contributed by atoms with van der Waals surface area (Å²) in [6, 6.07) is 7.59. The maximum atomic E-state index is 11.7. The summed E-state index contributed by atoms with van der Waals surface area (Å²) in [4.78, 5) is 11.7. The maximum Gasteiger partial charge on any atom is 0.224 e. The predicted octanol–water partition coefficient (Wildman–Crippen LogP) is 2.17. The molecule has 4 heteroatoms. The zero-order chi connectivity index (χ0) is 14.1. The fraction of sp³-hybridized carbons (Fsp3) is 0.533. The third-order valence-corrected chi connectivity index (χ3v) is 2.47. The van der Waals surface area contributed by atoms with Gasteiger partial charge in [-0.2, -0.15) is 0 Å². The van der Waals surface area contributed by atoms with Crippen molar-refractivity contribution >= 4 is 5.91 Å². The van der Waals surface area contributed by atoms with Gasteiger partial charge in [0.05, 0.1) is 25.7 Å². The summed E-state index contributed by atoms with van der Waals surface area (Å²) in [6.45, 7) is 7.64. The van der Waals surface area contributed by atoms with E-state index in [0.29, 0.717) is 26.2 Å². The number of benzene rings is 1. The molecule has 0 unspecified atom stereocenters. The van der Waals surface area contributed by atoms with E-state index in [4.69, 9.17) is 9.47 Å². The Hall–Kier alpha value is -1.55. The fourth-order valence-corrected chi connectivity index (χ4v) is 1.60. The molecule has 106 valence electrons. The molecule has 0 bridgehead atoms. The third-order valence-electron chi connectivity index (χ3n) is 2.47. The molecule has 1 aromatic carbocycles. The summed E-state index contributed by atoms with van der Waals surface area (Å²) in [5.74, 6) is 0.841. The highest BCUT2D eigenvalue weighted by Crippen LogP contribution is 2.12. The van der Waals surface area contributed by atoms with Crippen molar-refractivity contribution in [2.45, 2.75) is 33.3 Å². The van der Waals surface area contributed by atoms with Gasteiger partial charge in [0.2, 0.25) is 5.91 Å². The van der Waals surface area contributed by atoms with E-state index < -0.39 is 0 Å². The van der Waals surface area contributed by atoms with Crippen LogP contribution in [0.4, 0.5) is 0 Å². The Kier molecular flexibility index (Phi) is 6.97. The molecule has 0 aromatic heterocycles. The lowest BCUT2D eigenvalue weighted by Crippen LogP contribution is -2.29. The lowest BCUT2D eigenvalue weighted by Gasteiger charge is -2.09. The van der Waals surface area contributed by atoms with Gasteiger partial charge in [0, 0.05) is 6.54 Å². The van der Waals surface area contributed by atoms with E-state index in [0.717, 1.165) is 11.3 Å². The number of amides is 1. The standard InChI is InChI=1S/C15H23NO3/c1-4-18-14-7-5-13(6-8-14)11-15(17)16-9-10-19-12(2)3/h5-8,12H,4,9-11H2,1-3H3,(H,16,17). The van der Waals surface area contributed by atoms with Crippen LogP contribution in [-0.2, 0) is 16.0 Å². The maximum absolute atomic E-state index is 11.7. The Morgan fingerprint density at radius 2 is 1.95 bits per heavy atom. The average Bonchev–Trinajstić information content (AvgIpc) is 2.37. The van der Waals surface area contributed by atoms with Crippen LogP contribution in [0, 0.1) is 0 Å². The van der Waals surface area contributed by atoms with E-state index in [9.17, 15) is 4.79 Å². The van der Waals surface area contributed by atoms with Gasteiger partial charge in [-0.1, -0.05) is 12.1 Å². The summed E-state index contributed by atoms with van der Waals surface area (Å²) in [7, 11) is 0. The van der Waals surface area contributed by atoms with Gasteiger partial charge in [-0.25, -0.2) is 0 Å². The number of carbonyl (C=O) groups is 1. The molecule has 19 heavy (non-hydrogen) atoms. The molecule has 1 N–H and O–H groups in total. The van der Waals surface area contributed by atoms with Gasteiger partial charge >= 0.3 is 0 Å². The molecule has 1 rings (SSSR count). The largest absolute Gasteiger partial charge is 0.494 e. The molecular weight excluding hydrogens is 242 g/mol. The first-order valence-electron chi connectivity index (χ1n) is 6.72. The molecule has 0 aliphatic heterocycles. The Bertz CT molecular complexity index is 373. The van der Waals surface area contributed by atoms with Crippen LogP contribution in [0.1, 0.15) is 26.3 Å². The van der Waals surface area contributed by atoms with Crippen molar-refractivity contribution in [3.63, 3.8) is 0 Å². The minimum atomic E-state index is 0.0107. The Morgan fingerprint density at radius 3 is 2.53 bits per heavy atom. The molecule has 0 aliphatic rings. The van der Waals surface area contributed by atoms with Crippen molar-refractivity contribution < 1.29 is 14.3 Å². The van der Waals surface area contributed by atoms with Gasteiger partial charge in [0.1, 0.15) is 5.75 Å². The quantitative estimate of drug-likeness (QED) is 0.733. The smallest absolute Gasteiger partial charge is 0.224 e. The molecule has 0 heterocycles. The van der Waals surface area contributed by atoms with Crippen molar-refractivity contribution in [1.29, 1.82) is 0 Å². The topological polar surface area (TPSA) is 47.6 Å². The summed E-state index contributed by atoms with van der Waals surface area (Å²) in [5, 5.41) is 2.83. The third kappa shape index (κ3) is 6.82. The molecule has 1 aromatic rings. The van der Waals surface area contributed by atoms with E-state index in [2.05, 4.69) is 5.32 Å². The zero-order valence-electron chi connectivity index (χ0n) is 11.9. The van der Waals surface area contributed by atoms with Crippen LogP contribution < -0.4 is 10.1 Å². The van der Waals surface area contributed by atoms with E-state index in [1.807, 2.05) is 45.0 Å². The number of ether oxygens (including phenoxy) is 2. The van der Waals surface area contributed by atoms with E-state index in [-0.39, 0.29) is 12.0 Å². The number of carbonyl (C=O) groups excluding carboxylic acids is 1. The van der Waals surface area contributed by atoms with Crippen LogP contribution in [0.25, 0.3) is 0 Å². The van der Waals surface area contributed by atoms with Crippen molar-refractivity contribution in [1.82, 2.24) is 5.32 Å². The van der Waals surface area contributed by atoms with Crippen LogP contribution in [0.15, 0.2) is 24.3 Å². The second-order valence-electron chi connectivity index (χ2n) is 4.52. The first-order chi connectivity index (χ1) is 9.11. The van der Waals surface area contributed by atoms with Crippen LogP contribution in [0.5, 0.6) is 5.75 Å². The molecular formula is C15H23NO3. The van der Waals surface area contributed by atoms with E-state index in [1.54, 1.807) is 0 Å².